The van der Waals surface area contributed by atoms with E-state index in [1.54, 1.807) is 12.1 Å². The van der Waals surface area contributed by atoms with E-state index >= 15 is 0 Å². The summed E-state index contributed by atoms with van der Waals surface area (Å²) in [7, 11) is 1.36. The summed E-state index contributed by atoms with van der Waals surface area (Å²) in [6.07, 6.45) is 0. The highest BCUT2D eigenvalue weighted by Crippen LogP contribution is 2.19. The molecule has 0 saturated carbocycles. The molecular weight excluding hydrogens is 202 g/mol. The van der Waals surface area contributed by atoms with Crippen molar-refractivity contribution >= 4 is 23.3 Å². The number of anilines is 1. The second kappa shape index (κ2) is 4.86. The van der Waals surface area contributed by atoms with Gasteiger partial charge in [0.2, 0.25) is 0 Å². The first-order valence-electron chi connectivity index (χ1n) is 4.20. The van der Waals surface area contributed by atoms with Gasteiger partial charge in [-0.3, -0.25) is 4.79 Å². The number of hydrogen-bond donors (Lipinski definition) is 1. The number of aryl methyl sites for hydroxylation is 1. The van der Waals surface area contributed by atoms with Gasteiger partial charge in [-0.25, -0.2) is 0 Å². The Morgan fingerprint density at radius 3 is 2.93 bits per heavy atom. The molecule has 0 atom stereocenters. The zero-order valence-corrected chi connectivity index (χ0v) is 8.89. The number of hydrogen-bond acceptors (Lipinski definition) is 3. The fourth-order valence-corrected chi connectivity index (χ4v) is 1.20. The molecule has 0 fully saturated rings. The molecule has 0 aliphatic heterocycles. The Labute approximate surface area is 88.0 Å². The molecule has 0 aliphatic carbocycles. The molecule has 0 saturated heterocycles. The van der Waals surface area contributed by atoms with Gasteiger partial charge >= 0.3 is 5.97 Å². The Morgan fingerprint density at radius 2 is 2.29 bits per heavy atom. The third kappa shape index (κ3) is 2.92. The lowest BCUT2D eigenvalue weighted by atomic mass is 10.2. The summed E-state index contributed by atoms with van der Waals surface area (Å²) < 4.78 is 4.51. The molecule has 1 rings (SSSR count). The van der Waals surface area contributed by atoms with Crippen molar-refractivity contribution in [3.63, 3.8) is 0 Å². The number of esters is 1. The Bertz CT molecular complexity index is 339. The highest BCUT2D eigenvalue weighted by atomic mass is 35.5. The summed E-state index contributed by atoms with van der Waals surface area (Å²) in [6.45, 7) is 2.09. The third-order valence-corrected chi connectivity index (χ3v) is 2.09. The number of rotatable bonds is 3. The van der Waals surface area contributed by atoms with Crippen LogP contribution in [0.5, 0.6) is 0 Å². The van der Waals surface area contributed by atoms with Gasteiger partial charge in [0, 0.05) is 10.7 Å². The van der Waals surface area contributed by atoms with E-state index in [2.05, 4.69) is 10.1 Å². The lowest BCUT2D eigenvalue weighted by molar-refractivity contribution is -0.138. The minimum atomic E-state index is -0.302. The minimum absolute atomic E-state index is 0.150. The topological polar surface area (TPSA) is 38.3 Å². The molecule has 14 heavy (non-hydrogen) atoms. The van der Waals surface area contributed by atoms with Gasteiger partial charge in [-0.05, 0) is 24.6 Å². The molecule has 3 nitrogen and oxygen atoms in total. The standard InChI is InChI=1S/C10H12ClNO2/c1-7-3-4-8(11)5-9(7)12-6-10(13)14-2/h3-5,12H,6H2,1-2H3. The summed E-state index contributed by atoms with van der Waals surface area (Å²) >= 11 is 5.81. The maximum atomic E-state index is 10.9. The predicted molar refractivity (Wildman–Crippen MR) is 56.7 cm³/mol. The summed E-state index contributed by atoms with van der Waals surface area (Å²) in [5, 5.41) is 3.59. The molecule has 0 heterocycles. The second-order valence-corrected chi connectivity index (χ2v) is 3.33. The van der Waals surface area contributed by atoms with Crippen molar-refractivity contribution in [2.45, 2.75) is 6.92 Å². The Kier molecular flexibility index (Phi) is 3.77. The van der Waals surface area contributed by atoms with Gasteiger partial charge in [0.1, 0.15) is 6.54 Å². The Morgan fingerprint density at radius 1 is 1.57 bits per heavy atom. The van der Waals surface area contributed by atoms with Gasteiger partial charge in [0.05, 0.1) is 7.11 Å². The molecule has 0 unspecified atom stereocenters. The number of halogens is 1. The third-order valence-electron chi connectivity index (χ3n) is 1.85. The molecule has 1 aromatic rings. The number of methoxy groups -OCH3 is 1. The van der Waals surface area contributed by atoms with Gasteiger partial charge in [-0.1, -0.05) is 17.7 Å². The van der Waals surface area contributed by atoms with Gasteiger partial charge in [-0.15, -0.1) is 0 Å². The molecule has 1 N–H and O–H groups in total. The first-order valence-corrected chi connectivity index (χ1v) is 4.58. The van der Waals surface area contributed by atoms with Crippen LogP contribution >= 0.6 is 11.6 Å². The SMILES string of the molecule is COC(=O)CNc1cc(Cl)ccc1C. The molecule has 0 bridgehead atoms. The lowest BCUT2D eigenvalue weighted by Crippen LogP contribution is -2.15. The van der Waals surface area contributed by atoms with Gasteiger partial charge in [0.25, 0.3) is 0 Å². The number of benzene rings is 1. The number of ether oxygens (including phenoxy) is 1. The van der Waals surface area contributed by atoms with Crippen LogP contribution in [0.4, 0.5) is 5.69 Å². The van der Waals surface area contributed by atoms with Crippen molar-refractivity contribution in [3.8, 4) is 0 Å². The molecular formula is C10H12ClNO2. The largest absolute Gasteiger partial charge is 0.468 e. The molecule has 76 valence electrons. The normalized spacial score (nSPS) is 9.64. The van der Waals surface area contributed by atoms with Crippen LogP contribution in [0.25, 0.3) is 0 Å². The first kappa shape index (κ1) is 10.9. The lowest BCUT2D eigenvalue weighted by Gasteiger charge is -2.08. The summed E-state index contributed by atoms with van der Waals surface area (Å²) in [6, 6.07) is 5.47. The van der Waals surface area contributed by atoms with Crippen LogP contribution < -0.4 is 5.32 Å². The summed E-state index contributed by atoms with van der Waals surface area (Å²) in [5.74, 6) is -0.302. The van der Waals surface area contributed by atoms with Crippen molar-refractivity contribution in [3.05, 3.63) is 28.8 Å². The van der Waals surface area contributed by atoms with E-state index < -0.39 is 0 Å². The number of carbonyl (C=O) groups is 1. The van der Waals surface area contributed by atoms with Crippen LogP contribution in [0.15, 0.2) is 18.2 Å². The van der Waals surface area contributed by atoms with Crippen LogP contribution in [-0.2, 0) is 9.53 Å². The van der Waals surface area contributed by atoms with E-state index in [0.29, 0.717) is 5.02 Å². The summed E-state index contributed by atoms with van der Waals surface area (Å²) in [4.78, 5) is 10.9. The number of carbonyl (C=O) groups excluding carboxylic acids is 1. The maximum Gasteiger partial charge on any atom is 0.325 e. The van der Waals surface area contributed by atoms with Crippen molar-refractivity contribution in [2.24, 2.45) is 0 Å². The van der Waals surface area contributed by atoms with Crippen molar-refractivity contribution < 1.29 is 9.53 Å². The highest BCUT2D eigenvalue weighted by Gasteiger charge is 2.02. The zero-order valence-electron chi connectivity index (χ0n) is 8.13. The van der Waals surface area contributed by atoms with E-state index in [1.807, 2.05) is 13.0 Å². The van der Waals surface area contributed by atoms with Gasteiger partial charge in [0.15, 0.2) is 0 Å². The number of nitrogens with one attached hydrogen (secondary N) is 1. The van der Waals surface area contributed by atoms with E-state index in [1.165, 1.54) is 7.11 Å². The molecule has 0 aliphatic rings. The second-order valence-electron chi connectivity index (χ2n) is 2.89. The molecule has 0 spiro atoms. The first-order chi connectivity index (χ1) is 6.63. The van der Waals surface area contributed by atoms with Crippen molar-refractivity contribution in [2.75, 3.05) is 19.0 Å². The molecule has 0 radical (unpaired) electrons. The average molecular weight is 214 g/mol. The maximum absolute atomic E-state index is 10.9. The van der Waals surface area contributed by atoms with E-state index in [4.69, 9.17) is 11.6 Å². The highest BCUT2D eigenvalue weighted by molar-refractivity contribution is 6.30. The van der Waals surface area contributed by atoms with Crippen LogP contribution in [0.3, 0.4) is 0 Å². The summed E-state index contributed by atoms with van der Waals surface area (Å²) in [5.41, 5.74) is 1.89. The van der Waals surface area contributed by atoms with E-state index in [-0.39, 0.29) is 12.5 Å². The molecule has 0 aromatic heterocycles. The van der Waals surface area contributed by atoms with Crippen LogP contribution in [0.2, 0.25) is 5.02 Å². The van der Waals surface area contributed by atoms with Crippen molar-refractivity contribution in [1.29, 1.82) is 0 Å². The fourth-order valence-electron chi connectivity index (χ4n) is 1.02. The van der Waals surface area contributed by atoms with Crippen LogP contribution in [0.1, 0.15) is 5.56 Å². The smallest absolute Gasteiger partial charge is 0.325 e. The van der Waals surface area contributed by atoms with Gasteiger partial charge in [-0.2, -0.15) is 0 Å². The average Bonchev–Trinajstić information content (AvgIpc) is 2.19. The molecule has 1 aromatic carbocycles. The van der Waals surface area contributed by atoms with Crippen LogP contribution in [0, 0.1) is 6.92 Å². The Balaban J connectivity index is 2.66. The minimum Gasteiger partial charge on any atom is -0.468 e. The van der Waals surface area contributed by atoms with Gasteiger partial charge < -0.3 is 10.1 Å². The monoisotopic (exact) mass is 213 g/mol. The predicted octanol–water partition coefficient (Wildman–Crippen LogP) is 2.23. The van der Waals surface area contributed by atoms with Crippen molar-refractivity contribution in [1.82, 2.24) is 0 Å². The molecule has 0 amide bonds. The van der Waals surface area contributed by atoms with Crippen LogP contribution in [-0.4, -0.2) is 19.6 Å². The molecule has 4 heteroatoms. The van der Waals surface area contributed by atoms with E-state index in [0.717, 1.165) is 11.3 Å². The fraction of sp³-hybridized carbons (Fsp3) is 0.300. The Hall–Kier alpha value is -1.22. The van der Waals surface area contributed by atoms with E-state index in [9.17, 15) is 4.79 Å². The quantitative estimate of drug-likeness (QED) is 0.783. The zero-order chi connectivity index (χ0) is 10.6.